The zero-order chi connectivity index (χ0) is 11.8. The molecular weight excluding hydrogens is 158 g/mol. The molecule has 0 bridgehead atoms. The lowest BCUT2D eigenvalue weighted by Gasteiger charge is -1.97. The van der Waals surface area contributed by atoms with E-state index in [0.717, 1.165) is 6.92 Å². The van der Waals surface area contributed by atoms with E-state index in [1.807, 2.05) is 0 Å². The fraction of sp³-hybridized carbons (Fsp3) is 0.750. The van der Waals surface area contributed by atoms with Gasteiger partial charge in [-0.15, -0.1) is 0 Å². The van der Waals surface area contributed by atoms with Crippen LogP contribution in [-0.2, 0) is 14.9 Å². The Bertz CT molecular complexity index is 337. The molecule has 0 aromatic rings. The quantitative estimate of drug-likeness (QED) is 0.534. The molecule has 0 fully saturated rings. The molecule has 0 aliphatic heterocycles. The van der Waals surface area contributed by atoms with Crippen LogP contribution in [0.5, 0.6) is 0 Å². The summed E-state index contributed by atoms with van der Waals surface area (Å²) in [5.41, 5.74) is -3.61. The number of hydrogen-bond donors (Lipinski definition) is 2. The first-order chi connectivity index (χ1) is 5.92. The van der Waals surface area contributed by atoms with Gasteiger partial charge in [0.05, 0.1) is 8.45 Å². The Hall–Kier alpha value is -0.620. The first kappa shape index (κ1) is 4.30. The van der Waals surface area contributed by atoms with Gasteiger partial charge in [-0.3, -0.25) is 9.35 Å². The summed E-state index contributed by atoms with van der Waals surface area (Å²) in [4.78, 5) is 10.4. The highest BCUT2D eigenvalue weighted by molar-refractivity contribution is 7.85. The number of carbonyl (C=O) groups is 1. The van der Waals surface area contributed by atoms with Crippen LogP contribution in [0.15, 0.2) is 0 Å². The average Bonchev–Trinajstić information content (AvgIpc) is 1.80. The van der Waals surface area contributed by atoms with Gasteiger partial charge < -0.3 is 5.32 Å². The normalized spacial score (nSPS) is 19.8. The van der Waals surface area contributed by atoms with Crippen LogP contribution in [0.3, 0.4) is 0 Å². The molecule has 2 N–H and O–H groups in total. The predicted octanol–water partition coefficient (Wildman–Crippen LogP) is -0.990. The maximum absolute atomic E-state index is 10.5. The van der Waals surface area contributed by atoms with E-state index < -0.39 is 28.2 Å². The van der Waals surface area contributed by atoms with Crippen molar-refractivity contribution in [2.24, 2.45) is 0 Å². The summed E-state index contributed by atoms with van der Waals surface area (Å²) in [6, 6.07) is 0. The SMILES string of the molecule is [2H]C([2H])(NC(C)=O)C([2H])([2H])S(=O)(=O)O. The lowest BCUT2D eigenvalue weighted by atomic mass is 10.6. The second kappa shape index (κ2) is 3.52. The Balaban J connectivity index is 5.18. The van der Waals surface area contributed by atoms with Crippen molar-refractivity contribution in [2.45, 2.75) is 6.92 Å². The first-order valence-electron chi connectivity index (χ1n) is 4.17. The van der Waals surface area contributed by atoms with E-state index in [1.54, 1.807) is 0 Å². The molecular formula is C4H9NO4S. The molecule has 0 heterocycles. The van der Waals surface area contributed by atoms with Gasteiger partial charge in [-0.25, -0.2) is 0 Å². The minimum absolute atomic E-state index is 0.887. The van der Waals surface area contributed by atoms with Crippen LogP contribution in [0.2, 0.25) is 0 Å². The second-order valence-electron chi connectivity index (χ2n) is 1.38. The van der Waals surface area contributed by atoms with Crippen molar-refractivity contribution >= 4 is 16.0 Å². The monoisotopic (exact) mass is 171 g/mol. The number of nitrogens with one attached hydrogen (secondary N) is 1. The zero-order valence-electron chi connectivity index (χ0n) is 9.08. The molecule has 1 amide bonds. The minimum Gasteiger partial charge on any atom is -0.355 e. The molecule has 0 radical (unpaired) electrons. The molecule has 10 heavy (non-hydrogen) atoms. The molecule has 0 atom stereocenters. The fourth-order valence-corrected chi connectivity index (χ4v) is 0.358. The molecule has 0 aliphatic rings. The van der Waals surface area contributed by atoms with Gasteiger partial charge in [-0.1, -0.05) is 0 Å². The molecule has 0 unspecified atom stereocenters. The standard InChI is InChI=1S/C4H9NO4S/c1-4(6)5-2-3-10(7,8)9/h2-3H2,1H3,(H,5,6)(H,7,8,9)/i2D2,3D2. The summed E-state index contributed by atoms with van der Waals surface area (Å²) in [6.45, 7) is -2.32. The number of carbonyl (C=O) groups excluding carboxylic acids is 1. The van der Waals surface area contributed by atoms with Gasteiger partial charge in [0, 0.05) is 16.2 Å². The molecule has 5 nitrogen and oxygen atoms in total. The van der Waals surface area contributed by atoms with E-state index in [0.29, 0.717) is 0 Å². The fourth-order valence-electron chi connectivity index (χ4n) is 0.178. The maximum atomic E-state index is 10.5. The van der Waals surface area contributed by atoms with Gasteiger partial charge in [0.2, 0.25) is 5.91 Å². The van der Waals surface area contributed by atoms with Crippen LogP contribution in [0, 0.1) is 0 Å². The van der Waals surface area contributed by atoms with Gasteiger partial charge in [0.25, 0.3) is 10.1 Å². The molecule has 0 spiro atoms. The number of hydrogen-bond acceptors (Lipinski definition) is 3. The summed E-state index contributed by atoms with van der Waals surface area (Å²) in [6.07, 6.45) is 0. The largest absolute Gasteiger partial charge is 0.355 e. The van der Waals surface area contributed by atoms with Crippen molar-refractivity contribution in [1.29, 1.82) is 0 Å². The lowest BCUT2D eigenvalue weighted by molar-refractivity contribution is -0.118. The van der Waals surface area contributed by atoms with Gasteiger partial charge >= 0.3 is 0 Å². The van der Waals surface area contributed by atoms with Gasteiger partial charge in [-0.05, 0) is 0 Å². The Labute approximate surface area is 64.8 Å². The second-order valence-corrected chi connectivity index (χ2v) is 2.54. The Morgan fingerprint density at radius 3 is 2.60 bits per heavy atom. The summed E-state index contributed by atoms with van der Waals surface area (Å²) in [5.74, 6) is -0.956. The molecule has 0 aromatic carbocycles. The van der Waals surface area contributed by atoms with E-state index in [-0.39, 0.29) is 0 Å². The molecule has 0 saturated carbocycles. The number of rotatable bonds is 3. The summed E-state index contributed by atoms with van der Waals surface area (Å²) >= 11 is 0. The van der Waals surface area contributed by atoms with Crippen LogP contribution in [0.4, 0.5) is 0 Å². The Morgan fingerprint density at radius 1 is 1.80 bits per heavy atom. The average molecular weight is 171 g/mol. The Kier molecular flexibility index (Phi) is 1.51. The van der Waals surface area contributed by atoms with E-state index in [2.05, 4.69) is 0 Å². The summed E-state index contributed by atoms with van der Waals surface area (Å²) < 4.78 is 56.8. The van der Waals surface area contributed by atoms with E-state index in [1.165, 1.54) is 5.32 Å². The third-order valence-corrected chi connectivity index (χ3v) is 0.779. The third-order valence-electron chi connectivity index (χ3n) is 0.419. The van der Waals surface area contributed by atoms with Crippen LogP contribution in [0.1, 0.15) is 12.4 Å². The summed E-state index contributed by atoms with van der Waals surface area (Å²) in [5, 5.41) is 1.45. The molecule has 0 rings (SSSR count). The first-order valence-corrected chi connectivity index (χ1v) is 3.61. The van der Waals surface area contributed by atoms with Crippen molar-refractivity contribution in [2.75, 3.05) is 12.2 Å². The smallest absolute Gasteiger partial charge is 0.266 e. The van der Waals surface area contributed by atoms with Crippen molar-refractivity contribution < 1.29 is 23.2 Å². The van der Waals surface area contributed by atoms with Crippen molar-refractivity contribution in [1.82, 2.24) is 5.32 Å². The molecule has 0 aromatic heterocycles. The molecule has 60 valence electrons. The highest BCUT2D eigenvalue weighted by Gasteiger charge is 2.02. The molecule has 0 saturated heterocycles. The van der Waals surface area contributed by atoms with Crippen LogP contribution in [0.25, 0.3) is 0 Å². The third kappa shape index (κ3) is 7.38. The van der Waals surface area contributed by atoms with E-state index in [4.69, 9.17) is 10.0 Å². The van der Waals surface area contributed by atoms with Crippen LogP contribution >= 0.6 is 0 Å². The maximum Gasteiger partial charge on any atom is 0.266 e. The Morgan fingerprint density at radius 2 is 2.30 bits per heavy atom. The molecule has 0 aliphatic carbocycles. The topological polar surface area (TPSA) is 83.5 Å². The highest BCUT2D eigenvalue weighted by atomic mass is 32.2. The van der Waals surface area contributed by atoms with Crippen molar-refractivity contribution in [3.05, 3.63) is 0 Å². The molecule has 6 heteroatoms. The van der Waals surface area contributed by atoms with Gasteiger partial charge in [0.1, 0.15) is 0 Å². The van der Waals surface area contributed by atoms with Gasteiger partial charge in [-0.2, -0.15) is 8.42 Å². The summed E-state index contributed by atoms with van der Waals surface area (Å²) in [7, 11) is -5.26. The van der Waals surface area contributed by atoms with Gasteiger partial charge in [0.15, 0.2) is 0 Å². The van der Waals surface area contributed by atoms with E-state index >= 15 is 0 Å². The zero-order valence-corrected chi connectivity index (χ0v) is 5.90. The minimum atomic E-state index is -5.26. The van der Waals surface area contributed by atoms with Crippen molar-refractivity contribution in [3.8, 4) is 0 Å². The van der Waals surface area contributed by atoms with Crippen LogP contribution < -0.4 is 5.32 Å². The predicted molar refractivity (Wildman–Crippen MR) is 35.1 cm³/mol. The number of amides is 1. The van der Waals surface area contributed by atoms with Crippen LogP contribution in [-0.4, -0.2) is 31.1 Å². The lowest BCUT2D eigenvalue weighted by Crippen LogP contribution is -2.26. The highest BCUT2D eigenvalue weighted by Crippen LogP contribution is 1.77. The van der Waals surface area contributed by atoms with E-state index in [9.17, 15) is 13.2 Å². The van der Waals surface area contributed by atoms with Crippen molar-refractivity contribution in [3.63, 3.8) is 0 Å².